The fourth-order valence-electron chi connectivity index (χ4n) is 4.21. The number of likely N-dealkylation sites (tertiary alicyclic amines) is 1. The first-order valence-electron chi connectivity index (χ1n) is 11.6. The lowest BCUT2D eigenvalue weighted by atomic mass is 9.94. The number of nitrogens with zero attached hydrogens (tertiary/aromatic N) is 6. The summed E-state index contributed by atoms with van der Waals surface area (Å²) in [4.78, 5) is 23.7. The Bertz CT molecular complexity index is 1190. The average molecular weight is 529 g/mol. The summed E-state index contributed by atoms with van der Waals surface area (Å²) in [5.74, 6) is 1.03. The Labute approximate surface area is 209 Å². The van der Waals surface area contributed by atoms with Crippen LogP contribution in [0.1, 0.15) is 45.2 Å². The Morgan fingerprint density at radius 1 is 1.18 bits per heavy atom. The van der Waals surface area contributed by atoms with Crippen LogP contribution in [0.15, 0.2) is 41.0 Å². The molecule has 4 rings (SSSR count). The van der Waals surface area contributed by atoms with Crippen molar-refractivity contribution in [1.29, 1.82) is 0 Å². The van der Waals surface area contributed by atoms with Crippen LogP contribution >= 0.6 is 15.9 Å². The van der Waals surface area contributed by atoms with Gasteiger partial charge in [-0.3, -0.25) is 0 Å². The lowest BCUT2D eigenvalue weighted by Crippen LogP contribution is -2.42. The van der Waals surface area contributed by atoms with Crippen molar-refractivity contribution in [2.24, 2.45) is 0 Å². The number of anilines is 3. The quantitative estimate of drug-likeness (QED) is 0.449. The minimum atomic E-state index is -0.513. The number of hydrogen-bond acceptors (Lipinski definition) is 6. The van der Waals surface area contributed by atoms with E-state index in [0.717, 1.165) is 45.8 Å². The molecule has 1 atom stereocenters. The van der Waals surface area contributed by atoms with Gasteiger partial charge in [0.2, 0.25) is 0 Å². The minimum absolute atomic E-state index is 0.119. The molecule has 0 bridgehead atoms. The molecule has 182 valence electrons. The Morgan fingerprint density at radius 2 is 1.91 bits per heavy atom. The second-order valence-corrected chi connectivity index (χ2v) is 10.9. The van der Waals surface area contributed by atoms with Crippen LogP contribution in [0.2, 0.25) is 0 Å². The molecule has 1 aromatic carbocycles. The molecule has 2 aromatic heterocycles. The van der Waals surface area contributed by atoms with E-state index in [-0.39, 0.29) is 12.0 Å². The lowest BCUT2D eigenvalue weighted by molar-refractivity contribution is 0.0197. The van der Waals surface area contributed by atoms with E-state index in [1.807, 2.05) is 46.4 Å². The molecule has 3 aromatic rings. The van der Waals surface area contributed by atoms with Crippen molar-refractivity contribution in [1.82, 2.24) is 19.5 Å². The maximum Gasteiger partial charge on any atom is 0.410 e. The molecule has 0 radical (unpaired) electrons. The highest BCUT2D eigenvalue weighted by Gasteiger charge is 2.30. The van der Waals surface area contributed by atoms with Gasteiger partial charge in [0.15, 0.2) is 5.65 Å². The number of hydrogen-bond donors (Lipinski definition) is 0. The summed E-state index contributed by atoms with van der Waals surface area (Å²) in [5, 5.41) is 4.56. The van der Waals surface area contributed by atoms with Crippen LogP contribution in [0.3, 0.4) is 0 Å². The topological polar surface area (TPSA) is 66.2 Å². The number of fused-ring (bicyclic) bond motifs is 1. The van der Waals surface area contributed by atoms with Crippen LogP contribution in [-0.4, -0.2) is 65.4 Å². The van der Waals surface area contributed by atoms with Crippen LogP contribution in [0, 0.1) is 0 Å². The number of carbonyl (C=O) groups excluding carboxylic acids is 1. The van der Waals surface area contributed by atoms with Gasteiger partial charge in [-0.05, 0) is 67.7 Å². The Kier molecular flexibility index (Phi) is 6.75. The third-order valence-electron chi connectivity index (χ3n) is 6.00. The predicted octanol–water partition coefficient (Wildman–Crippen LogP) is 5.44. The smallest absolute Gasteiger partial charge is 0.410 e. The second kappa shape index (κ2) is 9.44. The number of carbonyl (C=O) groups is 1. The first kappa shape index (κ1) is 24.3. The van der Waals surface area contributed by atoms with E-state index in [1.54, 1.807) is 11.1 Å². The molecule has 0 saturated carbocycles. The molecule has 1 aliphatic heterocycles. The van der Waals surface area contributed by atoms with E-state index in [2.05, 4.69) is 61.2 Å². The highest BCUT2D eigenvalue weighted by atomic mass is 79.9. The fourth-order valence-corrected chi connectivity index (χ4v) is 4.56. The van der Waals surface area contributed by atoms with Crippen molar-refractivity contribution >= 4 is 44.9 Å². The Hall–Kier alpha value is -2.81. The average Bonchev–Trinajstić information content (AvgIpc) is 3.17. The van der Waals surface area contributed by atoms with Crippen molar-refractivity contribution in [3.05, 3.63) is 46.7 Å². The number of ether oxygens (including phenoxy) is 1. The Morgan fingerprint density at radius 3 is 2.62 bits per heavy atom. The molecule has 0 N–H and O–H groups in total. The third-order valence-corrected chi connectivity index (χ3v) is 6.56. The number of halogens is 1. The van der Waals surface area contributed by atoms with E-state index >= 15 is 0 Å². The number of aromatic nitrogens is 3. The minimum Gasteiger partial charge on any atom is -0.444 e. The summed E-state index contributed by atoms with van der Waals surface area (Å²) >= 11 is 3.61. The highest BCUT2D eigenvalue weighted by molar-refractivity contribution is 9.10. The van der Waals surface area contributed by atoms with Crippen LogP contribution in [0.4, 0.5) is 22.0 Å². The van der Waals surface area contributed by atoms with Gasteiger partial charge in [0.25, 0.3) is 0 Å². The standard InChI is InChI=1S/C25H33BrN6O2/c1-25(2,3)34-24(33)31-12-8-9-17(16-31)21-14-22(32-23(28-21)20(26)15-27-32)30(6)19-11-7-10-18(13-19)29(4)5/h7,10-11,13-15,17H,8-9,12,16H2,1-6H3. The maximum absolute atomic E-state index is 12.7. The van der Waals surface area contributed by atoms with Gasteiger partial charge < -0.3 is 19.4 Å². The molecule has 1 amide bonds. The van der Waals surface area contributed by atoms with Crippen molar-refractivity contribution in [3.63, 3.8) is 0 Å². The third kappa shape index (κ3) is 5.14. The van der Waals surface area contributed by atoms with Gasteiger partial charge in [0.05, 0.1) is 16.4 Å². The monoisotopic (exact) mass is 528 g/mol. The SMILES string of the molecule is CN(C)c1cccc(N(C)c2cc(C3CCCN(C(=O)OC(C)(C)C)C3)nc3c(Br)cnn23)c1. The molecule has 1 fully saturated rings. The van der Waals surface area contributed by atoms with Crippen molar-refractivity contribution in [2.75, 3.05) is 44.0 Å². The fraction of sp³-hybridized carbons (Fsp3) is 0.480. The van der Waals surface area contributed by atoms with Crippen LogP contribution in [0.25, 0.3) is 5.65 Å². The molecular formula is C25H33BrN6O2. The summed E-state index contributed by atoms with van der Waals surface area (Å²) in [7, 11) is 6.11. The summed E-state index contributed by atoms with van der Waals surface area (Å²) in [6, 6.07) is 10.5. The number of rotatable bonds is 4. The van der Waals surface area contributed by atoms with Crippen molar-refractivity contribution in [2.45, 2.75) is 45.1 Å². The van der Waals surface area contributed by atoms with Crippen molar-refractivity contribution < 1.29 is 9.53 Å². The number of piperidine rings is 1. The van der Waals surface area contributed by atoms with Gasteiger partial charge >= 0.3 is 6.09 Å². The van der Waals surface area contributed by atoms with Gasteiger partial charge in [-0.25, -0.2) is 9.78 Å². The zero-order chi connectivity index (χ0) is 24.6. The number of benzene rings is 1. The van der Waals surface area contributed by atoms with Gasteiger partial charge in [-0.2, -0.15) is 9.61 Å². The first-order valence-corrected chi connectivity index (χ1v) is 12.4. The Balaban J connectivity index is 1.69. The second-order valence-electron chi connectivity index (χ2n) is 10.0. The highest BCUT2D eigenvalue weighted by Crippen LogP contribution is 2.33. The van der Waals surface area contributed by atoms with E-state index in [1.165, 1.54) is 0 Å². The van der Waals surface area contributed by atoms with E-state index in [4.69, 9.17) is 9.72 Å². The molecule has 3 heterocycles. The predicted molar refractivity (Wildman–Crippen MR) is 139 cm³/mol. The summed E-state index contributed by atoms with van der Waals surface area (Å²) < 4.78 is 8.31. The molecule has 0 spiro atoms. The summed E-state index contributed by atoms with van der Waals surface area (Å²) in [5.41, 5.74) is 3.37. The zero-order valence-corrected chi connectivity index (χ0v) is 22.3. The summed E-state index contributed by atoms with van der Waals surface area (Å²) in [6.07, 6.45) is 3.38. The largest absolute Gasteiger partial charge is 0.444 e. The van der Waals surface area contributed by atoms with Crippen LogP contribution in [0.5, 0.6) is 0 Å². The summed E-state index contributed by atoms with van der Waals surface area (Å²) in [6.45, 7) is 6.97. The van der Waals surface area contributed by atoms with Gasteiger partial charge in [-0.1, -0.05) is 6.07 Å². The normalized spacial score (nSPS) is 16.6. The van der Waals surface area contributed by atoms with Crippen LogP contribution in [-0.2, 0) is 4.74 Å². The van der Waals surface area contributed by atoms with Crippen molar-refractivity contribution in [3.8, 4) is 0 Å². The van der Waals surface area contributed by atoms with Gasteiger partial charge in [-0.15, -0.1) is 0 Å². The molecule has 9 heteroatoms. The van der Waals surface area contributed by atoms with Crippen LogP contribution < -0.4 is 9.80 Å². The lowest BCUT2D eigenvalue weighted by Gasteiger charge is -2.34. The molecule has 1 aliphatic rings. The molecule has 1 saturated heterocycles. The molecular weight excluding hydrogens is 496 g/mol. The molecule has 8 nitrogen and oxygen atoms in total. The van der Waals surface area contributed by atoms with Gasteiger partial charge in [0.1, 0.15) is 11.4 Å². The first-order chi connectivity index (χ1) is 16.0. The molecule has 34 heavy (non-hydrogen) atoms. The van der Waals surface area contributed by atoms with E-state index in [9.17, 15) is 4.79 Å². The molecule has 0 aliphatic carbocycles. The number of amides is 1. The maximum atomic E-state index is 12.7. The van der Waals surface area contributed by atoms with Gasteiger partial charge in [0, 0.05) is 57.6 Å². The van der Waals surface area contributed by atoms with E-state index in [0.29, 0.717) is 13.1 Å². The zero-order valence-electron chi connectivity index (χ0n) is 20.7. The molecule has 1 unspecified atom stereocenters. The van der Waals surface area contributed by atoms with E-state index < -0.39 is 5.60 Å².